The fraction of sp³-hybridized carbons (Fsp3) is 0.267. The van der Waals surface area contributed by atoms with E-state index in [4.69, 9.17) is 16.7 Å². The van der Waals surface area contributed by atoms with E-state index in [2.05, 4.69) is 16.9 Å². The van der Waals surface area contributed by atoms with Gasteiger partial charge in [0.05, 0.1) is 23.9 Å². The molecule has 0 bridgehead atoms. The third kappa shape index (κ3) is 3.85. The number of hydrogen-bond acceptors (Lipinski definition) is 2. The van der Waals surface area contributed by atoms with Crippen molar-refractivity contribution in [3.05, 3.63) is 52.3 Å². The van der Waals surface area contributed by atoms with Crippen LogP contribution in [0.4, 0.5) is 0 Å². The van der Waals surface area contributed by atoms with E-state index < -0.39 is 0 Å². The van der Waals surface area contributed by atoms with Gasteiger partial charge in [0.1, 0.15) is 0 Å². The first kappa shape index (κ1) is 13.7. The Morgan fingerprint density at radius 3 is 2.63 bits per heavy atom. The van der Waals surface area contributed by atoms with E-state index in [1.807, 2.05) is 42.1 Å². The molecule has 0 unspecified atom stereocenters. The minimum atomic E-state index is 0.102. The predicted molar refractivity (Wildman–Crippen MR) is 76.1 cm³/mol. The maximum atomic E-state index is 8.65. The molecule has 1 aromatic carbocycles. The molecule has 0 aliphatic carbocycles. The van der Waals surface area contributed by atoms with Crippen LogP contribution in [0.2, 0.25) is 5.02 Å². The Labute approximate surface area is 117 Å². The number of halogens is 1. The SMILES string of the molecule is Cc1nn(Cc2ccc(C#CCCO)cc2)cc1Cl. The lowest BCUT2D eigenvalue weighted by molar-refractivity contribution is 0.305. The molecule has 0 atom stereocenters. The van der Waals surface area contributed by atoms with Crippen LogP contribution in [0.1, 0.15) is 23.2 Å². The molecule has 19 heavy (non-hydrogen) atoms. The van der Waals surface area contributed by atoms with Crippen LogP contribution >= 0.6 is 11.6 Å². The van der Waals surface area contributed by atoms with Crippen LogP contribution in [0.5, 0.6) is 0 Å². The van der Waals surface area contributed by atoms with Gasteiger partial charge in [0, 0.05) is 18.2 Å². The molecular formula is C15H15ClN2O. The van der Waals surface area contributed by atoms with E-state index in [0.717, 1.165) is 16.8 Å². The number of hydrogen-bond donors (Lipinski definition) is 1. The topological polar surface area (TPSA) is 38.0 Å². The van der Waals surface area contributed by atoms with Gasteiger partial charge in [-0.25, -0.2) is 0 Å². The van der Waals surface area contributed by atoms with Crippen LogP contribution in [-0.4, -0.2) is 21.5 Å². The molecule has 0 amide bonds. The van der Waals surface area contributed by atoms with Crippen LogP contribution in [-0.2, 0) is 6.54 Å². The zero-order chi connectivity index (χ0) is 13.7. The number of benzene rings is 1. The van der Waals surface area contributed by atoms with Crippen molar-refractivity contribution < 1.29 is 5.11 Å². The average Bonchev–Trinajstić information content (AvgIpc) is 2.71. The lowest BCUT2D eigenvalue weighted by Crippen LogP contribution is -2.00. The summed E-state index contributed by atoms with van der Waals surface area (Å²) in [7, 11) is 0. The molecule has 1 aromatic heterocycles. The van der Waals surface area contributed by atoms with Crippen molar-refractivity contribution in [1.29, 1.82) is 0 Å². The third-order valence-corrected chi connectivity index (χ3v) is 3.03. The Hall–Kier alpha value is -1.76. The molecule has 0 saturated carbocycles. The van der Waals surface area contributed by atoms with Crippen molar-refractivity contribution in [3.63, 3.8) is 0 Å². The molecule has 4 heteroatoms. The minimum Gasteiger partial charge on any atom is -0.395 e. The van der Waals surface area contributed by atoms with Crippen LogP contribution < -0.4 is 0 Å². The van der Waals surface area contributed by atoms with Crippen molar-refractivity contribution in [1.82, 2.24) is 9.78 Å². The molecule has 98 valence electrons. The summed E-state index contributed by atoms with van der Waals surface area (Å²) >= 11 is 5.97. The van der Waals surface area contributed by atoms with E-state index in [1.165, 1.54) is 0 Å². The standard InChI is InChI=1S/C15H15ClN2O/c1-12-15(16)11-18(17-12)10-14-7-5-13(6-8-14)4-2-3-9-19/h5-8,11,19H,3,9-10H2,1H3. The van der Waals surface area contributed by atoms with Gasteiger partial charge < -0.3 is 5.11 Å². The van der Waals surface area contributed by atoms with Gasteiger partial charge >= 0.3 is 0 Å². The highest BCUT2D eigenvalue weighted by Gasteiger charge is 2.02. The highest BCUT2D eigenvalue weighted by atomic mass is 35.5. The van der Waals surface area contributed by atoms with Crippen molar-refractivity contribution >= 4 is 11.6 Å². The number of aliphatic hydroxyl groups excluding tert-OH is 1. The van der Waals surface area contributed by atoms with Crippen molar-refractivity contribution in [2.24, 2.45) is 0 Å². The first-order valence-electron chi connectivity index (χ1n) is 6.07. The van der Waals surface area contributed by atoms with Gasteiger partial charge in [0.15, 0.2) is 0 Å². The highest BCUT2D eigenvalue weighted by molar-refractivity contribution is 6.31. The van der Waals surface area contributed by atoms with Gasteiger partial charge in [-0.1, -0.05) is 35.6 Å². The summed E-state index contributed by atoms with van der Waals surface area (Å²) in [6.45, 7) is 2.68. The molecule has 0 aliphatic rings. The van der Waals surface area contributed by atoms with Crippen LogP contribution in [0.3, 0.4) is 0 Å². The van der Waals surface area contributed by atoms with E-state index in [9.17, 15) is 0 Å². The van der Waals surface area contributed by atoms with Gasteiger partial charge in [-0.15, -0.1) is 0 Å². The van der Waals surface area contributed by atoms with Crippen molar-refractivity contribution in [2.75, 3.05) is 6.61 Å². The fourth-order valence-corrected chi connectivity index (χ4v) is 1.83. The van der Waals surface area contributed by atoms with Gasteiger partial charge in [-0.05, 0) is 24.6 Å². The second kappa shape index (κ2) is 6.42. The van der Waals surface area contributed by atoms with E-state index in [-0.39, 0.29) is 6.61 Å². The Morgan fingerprint density at radius 1 is 1.32 bits per heavy atom. The van der Waals surface area contributed by atoms with Crippen molar-refractivity contribution in [3.8, 4) is 11.8 Å². The van der Waals surface area contributed by atoms with Crippen LogP contribution in [0, 0.1) is 18.8 Å². The van der Waals surface area contributed by atoms with Gasteiger partial charge in [0.25, 0.3) is 0 Å². The number of aliphatic hydroxyl groups is 1. The zero-order valence-corrected chi connectivity index (χ0v) is 11.5. The second-order valence-corrected chi connectivity index (χ2v) is 4.64. The molecule has 0 spiro atoms. The summed E-state index contributed by atoms with van der Waals surface area (Å²) in [5.41, 5.74) is 2.94. The Kier molecular flexibility index (Phi) is 4.62. The molecule has 2 aromatic rings. The number of rotatable bonds is 3. The largest absolute Gasteiger partial charge is 0.395 e. The lowest BCUT2D eigenvalue weighted by atomic mass is 10.1. The molecule has 2 rings (SSSR count). The normalized spacial score (nSPS) is 10.1. The molecule has 0 saturated heterocycles. The Morgan fingerprint density at radius 2 is 2.05 bits per heavy atom. The summed E-state index contributed by atoms with van der Waals surface area (Å²) in [6.07, 6.45) is 2.33. The van der Waals surface area contributed by atoms with Crippen LogP contribution in [0.25, 0.3) is 0 Å². The maximum Gasteiger partial charge on any atom is 0.0815 e. The first-order chi connectivity index (χ1) is 9.19. The quantitative estimate of drug-likeness (QED) is 0.874. The highest BCUT2D eigenvalue weighted by Crippen LogP contribution is 2.13. The van der Waals surface area contributed by atoms with E-state index in [1.54, 1.807) is 0 Å². The second-order valence-electron chi connectivity index (χ2n) is 4.23. The van der Waals surface area contributed by atoms with Gasteiger partial charge in [-0.3, -0.25) is 4.68 Å². The fourth-order valence-electron chi connectivity index (χ4n) is 1.68. The number of aryl methyl sites for hydroxylation is 1. The number of aromatic nitrogens is 2. The van der Waals surface area contributed by atoms with Crippen LogP contribution in [0.15, 0.2) is 30.5 Å². The van der Waals surface area contributed by atoms with E-state index in [0.29, 0.717) is 18.0 Å². The summed E-state index contributed by atoms with van der Waals surface area (Å²) in [5.74, 6) is 5.89. The zero-order valence-electron chi connectivity index (χ0n) is 10.7. The average molecular weight is 275 g/mol. The molecule has 0 radical (unpaired) electrons. The van der Waals surface area contributed by atoms with Gasteiger partial charge in [-0.2, -0.15) is 5.10 Å². The Bertz CT molecular complexity index is 586. The molecule has 1 N–H and O–H groups in total. The minimum absolute atomic E-state index is 0.102. The summed E-state index contributed by atoms with van der Waals surface area (Å²) in [5, 5.41) is 13.7. The summed E-state index contributed by atoms with van der Waals surface area (Å²) in [4.78, 5) is 0. The first-order valence-corrected chi connectivity index (χ1v) is 6.45. The predicted octanol–water partition coefficient (Wildman–Crippen LogP) is 2.63. The monoisotopic (exact) mass is 274 g/mol. The molecule has 3 nitrogen and oxygen atoms in total. The smallest absolute Gasteiger partial charge is 0.0815 e. The number of nitrogens with zero attached hydrogens (tertiary/aromatic N) is 2. The van der Waals surface area contributed by atoms with E-state index >= 15 is 0 Å². The third-order valence-electron chi connectivity index (χ3n) is 2.65. The lowest BCUT2D eigenvalue weighted by Gasteiger charge is -2.01. The van der Waals surface area contributed by atoms with Gasteiger partial charge in [0.2, 0.25) is 0 Å². The summed E-state index contributed by atoms with van der Waals surface area (Å²) < 4.78 is 1.82. The maximum absolute atomic E-state index is 8.65. The van der Waals surface area contributed by atoms with Crippen molar-refractivity contribution in [2.45, 2.75) is 19.9 Å². The molecule has 0 fully saturated rings. The molecular weight excluding hydrogens is 260 g/mol. The molecule has 1 heterocycles. The summed E-state index contributed by atoms with van der Waals surface area (Å²) in [6, 6.07) is 7.98. The molecule has 0 aliphatic heterocycles. The Balaban J connectivity index is 2.05.